The lowest BCUT2D eigenvalue weighted by atomic mass is 10.1. The maximum absolute atomic E-state index is 11.8. The number of halogens is 1. The molecule has 0 bridgehead atoms. The van der Waals surface area contributed by atoms with Gasteiger partial charge >= 0.3 is 0 Å². The van der Waals surface area contributed by atoms with Gasteiger partial charge < -0.3 is 5.32 Å². The summed E-state index contributed by atoms with van der Waals surface area (Å²) in [5, 5.41) is 7.79. The van der Waals surface area contributed by atoms with Crippen molar-refractivity contribution in [2.24, 2.45) is 0 Å². The standard InChI is InChI=1S/C13H20ClN3O/c14-11-9-15-17(10-11)8-7-13(18)16-12-5-3-1-2-4-6-12/h9-10,12H,1-8H2,(H,16,18). The Bertz CT molecular complexity index is 383. The van der Waals surface area contributed by atoms with Crippen LogP contribution >= 0.6 is 11.6 Å². The molecule has 0 atom stereocenters. The average Bonchev–Trinajstić information content (AvgIpc) is 2.60. The first-order valence-corrected chi connectivity index (χ1v) is 7.09. The molecule has 0 aliphatic heterocycles. The van der Waals surface area contributed by atoms with Crippen LogP contribution in [0.5, 0.6) is 0 Å². The molecular weight excluding hydrogens is 250 g/mol. The van der Waals surface area contributed by atoms with E-state index in [1.807, 2.05) is 0 Å². The van der Waals surface area contributed by atoms with Crippen LogP contribution in [0.1, 0.15) is 44.9 Å². The highest BCUT2D eigenvalue weighted by atomic mass is 35.5. The molecule has 0 saturated heterocycles. The average molecular weight is 270 g/mol. The summed E-state index contributed by atoms with van der Waals surface area (Å²) in [5.74, 6) is 0.119. The summed E-state index contributed by atoms with van der Waals surface area (Å²) in [6.45, 7) is 0.589. The predicted molar refractivity (Wildman–Crippen MR) is 71.5 cm³/mol. The SMILES string of the molecule is O=C(CCn1cc(Cl)cn1)NC1CCCCCC1. The fraction of sp³-hybridized carbons (Fsp3) is 0.692. The second kappa shape index (κ2) is 6.78. The van der Waals surface area contributed by atoms with Gasteiger partial charge in [-0.05, 0) is 12.8 Å². The topological polar surface area (TPSA) is 46.9 Å². The van der Waals surface area contributed by atoms with Crippen LogP contribution in [0.15, 0.2) is 12.4 Å². The second-order valence-corrected chi connectivity index (χ2v) is 5.36. The molecule has 1 aromatic heterocycles. The largest absolute Gasteiger partial charge is 0.353 e. The molecule has 1 aromatic rings. The highest BCUT2D eigenvalue weighted by Crippen LogP contribution is 2.17. The van der Waals surface area contributed by atoms with E-state index in [1.54, 1.807) is 17.1 Å². The normalized spacial score (nSPS) is 17.4. The maximum Gasteiger partial charge on any atom is 0.222 e. The van der Waals surface area contributed by atoms with Crippen LogP contribution in [0.25, 0.3) is 0 Å². The number of aryl methyl sites for hydroxylation is 1. The summed E-state index contributed by atoms with van der Waals surface area (Å²) in [5.41, 5.74) is 0. The van der Waals surface area contributed by atoms with Crippen LogP contribution < -0.4 is 5.32 Å². The number of amides is 1. The van der Waals surface area contributed by atoms with Crippen molar-refractivity contribution < 1.29 is 4.79 Å². The third-order valence-corrected chi connectivity index (χ3v) is 3.59. The Morgan fingerprint density at radius 2 is 2.11 bits per heavy atom. The lowest BCUT2D eigenvalue weighted by molar-refractivity contribution is -0.122. The Balaban J connectivity index is 1.71. The first-order chi connectivity index (χ1) is 8.74. The van der Waals surface area contributed by atoms with Crippen molar-refractivity contribution in [1.29, 1.82) is 0 Å². The van der Waals surface area contributed by atoms with Crippen LogP contribution in [0.2, 0.25) is 5.02 Å². The summed E-state index contributed by atoms with van der Waals surface area (Å²) < 4.78 is 1.70. The molecular formula is C13H20ClN3O. The molecule has 0 aromatic carbocycles. The van der Waals surface area contributed by atoms with Crippen molar-refractivity contribution >= 4 is 17.5 Å². The van der Waals surface area contributed by atoms with Crippen molar-refractivity contribution in [2.45, 2.75) is 57.5 Å². The molecule has 100 valence electrons. The molecule has 0 spiro atoms. The van der Waals surface area contributed by atoms with Gasteiger partial charge in [-0.2, -0.15) is 5.10 Å². The molecule has 2 rings (SSSR count). The molecule has 1 aliphatic carbocycles. The second-order valence-electron chi connectivity index (χ2n) is 4.93. The molecule has 1 N–H and O–H groups in total. The minimum Gasteiger partial charge on any atom is -0.353 e. The Labute approximate surface area is 113 Å². The molecule has 1 amide bonds. The molecule has 1 saturated carbocycles. The quantitative estimate of drug-likeness (QED) is 0.855. The number of aromatic nitrogens is 2. The van der Waals surface area contributed by atoms with E-state index in [2.05, 4.69) is 10.4 Å². The number of carbonyl (C=O) groups is 1. The highest BCUT2D eigenvalue weighted by Gasteiger charge is 2.14. The van der Waals surface area contributed by atoms with Crippen LogP contribution in [0.3, 0.4) is 0 Å². The van der Waals surface area contributed by atoms with E-state index in [0.717, 1.165) is 12.8 Å². The number of nitrogens with one attached hydrogen (secondary N) is 1. The molecule has 4 nitrogen and oxygen atoms in total. The van der Waals surface area contributed by atoms with Gasteiger partial charge in [-0.1, -0.05) is 37.3 Å². The van der Waals surface area contributed by atoms with E-state index in [1.165, 1.54) is 25.7 Å². The van der Waals surface area contributed by atoms with Crippen LogP contribution in [0, 0.1) is 0 Å². The molecule has 5 heteroatoms. The van der Waals surface area contributed by atoms with Gasteiger partial charge in [0, 0.05) is 25.2 Å². The molecule has 1 heterocycles. The van der Waals surface area contributed by atoms with E-state index < -0.39 is 0 Å². The van der Waals surface area contributed by atoms with Gasteiger partial charge in [0.05, 0.1) is 11.2 Å². The number of hydrogen-bond acceptors (Lipinski definition) is 2. The minimum absolute atomic E-state index is 0.119. The van der Waals surface area contributed by atoms with E-state index in [4.69, 9.17) is 11.6 Å². The fourth-order valence-corrected chi connectivity index (χ4v) is 2.56. The summed E-state index contributed by atoms with van der Waals surface area (Å²) in [6, 6.07) is 0.376. The van der Waals surface area contributed by atoms with Crippen LogP contribution in [0.4, 0.5) is 0 Å². The molecule has 1 aliphatic rings. The summed E-state index contributed by atoms with van der Waals surface area (Å²) >= 11 is 5.77. The van der Waals surface area contributed by atoms with Crippen molar-refractivity contribution in [3.63, 3.8) is 0 Å². The van der Waals surface area contributed by atoms with Gasteiger partial charge in [0.15, 0.2) is 0 Å². The van der Waals surface area contributed by atoms with Gasteiger partial charge in [-0.3, -0.25) is 9.48 Å². The Morgan fingerprint density at radius 1 is 1.39 bits per heavy atom. The molecule has 0 radical (unpaired) electrons. The smallest absolute Gasteiger partial charge is 0.222 e. The van der Waals surface area contributed by atoms with Crippen molar-refractivity contribution in [3.05, 3.63) is 17.4 Å². The summed E-state index contributed by atoms with van der Waals surface area (Å²) in [7, 11) is 0. The zero-order valence-corrected chi connectivity index (χ0v) is 11.3. The Morgan fingerprint density at radius 3 is 2.72 bits per heavy atom. The molecule has 18 heavy (non-hydrogen) atoms. The van der Waals surface area contributed by atoms with Crippen molar-refractivity contribution in [2.75, 3.05) is 0 Å². The number of nitrogens with zero attached hydrogens (tertiary/aromatic N) is 2. The van der Waals surface area contributed by atoms with Crippen molar-refractivity contribution in [3.8, 4) is 0 Å². The van der Waals surface area contributed by atoms with Crippen LogP contribution in [-0.4, -0.2) is 21.7 Å². The van der Waals surface area contributed by atoms with Gasteiger partial charge in [0.25, 0.3) is 0 Å². The Hall–Kier alpha value is -1.03. The zero-order valence-electron chi connectivity index (χ0n) is 10.6. The maximum atomic E-state index is 11.8. The van der Waals surface area contributed by atoms with Gasteiger partial charge in [-0.15, -0.1) is 0 Å². The minimum atomic E-state index is 0.119. The van der Waals surface area contributed by atoms with E-state index in [9.17, 15) is 4.79 Å². The number of hydrogen-bond donors (Lipinski definition) is 1. The number of carbonyl (C=O) groups excluding carboxylic acids is 1. The van der Waals surface area contributed by atoms with E-state index >= 15 is 0 Å². The summed E-state index contributed by atoms with van der Waals surface area (Å²) in [6.07, 6.45) is 11.1. The number of rotatable bonds is 4. The zero-order chi connectivity index (χ0) is 12.8. The van der Waals surface area contributed by atoms with Crippen LogP contribution in [-0.2, 0) is 11.3 Å². The lowest BCUT2D eigenvalue weighted by Gasteiger charge is -2.16. The third kappa shape index (κ3) is 4.33. The fourth-order valence-electron chi connectivity index (χ4n) is 2.40. The first kappa shape index (κ1) is 13.4. The lowest BCUT2D eigenvalue weighted by Crippen LogP contribution is -2.34. The van der Waals surface area contributed by atoms with E-state index in [-0.39, 0.29) is 5.91 Å². The summed E-state index contributed by atoms with van der Waals surface area (Å²) in [4.78, 5) is 11.8. The monoisotopic (exact) mass is 269 g/mol. The molecule has 1 fully saturated rings. The predicted octanol–water partition coefficient (Wildman–Crippen LogP) is 2.77. The molecule has 0 unspecified atom stereocenters. The van der Waals surface area contributed by atoms with Crippen molar-refractivity contribution in [1.82, 2.24) is 15.1 Å². The van der Waals surface area contributed by atoms with E-state index in [0.29, 0.717) is 24.0 Å². The third-order valence-electron chi connectivity index (χ3n) is 3.39. The van der Waals surface area contributed by atoms with Gasteiger partial charge in [-0.25, -0.2) is 0 Å². The Kier molecular flexibility index (Phi) is 5.05. The highest BCUT2D eigenvalue weighted by molar-refractivity contribution is 6.30. The van der Waals surface area contributed by atoms with Gasteiger partial charge in [0.2, 0.25) is 5.91 Å². The first-order valence-electron chi connectivity index (χ1n) is 6.71. The van der Waals surface area contributed by atoms with Gasteiger partial charge in [0.1, 0.15) is 0 Å².